The maximum absolute atomic E-state index is 13.0. The van der Waals surface area contributed by atoms with Gasteiger partial charge < -0.3 is 15.4 Å². The summed E-state index contributed by atoms with van der Waals surface area (Å²) < 4.78 is 18.3. The number of benzene rings is 1. The Morgan fingerprint density at radius 1 is 1.33 bits per heavy atom. The molecular formula is C18H28ClFN2O2. The van der Waals surface area contributed by atoms with E-state index in [0.29, 0.717) is 19.6 Å². The SMILES string of the molecule is COCC1(CNC(=O)CC(C)c2ccc(F)cc2)CCNCC1.Cl. The zero-order valence-electron chi connectivity index (χ0n) is 14.4. The Balaban J connectivity index is 0.00000288. The predicted molar refractivity (Wildman–Crippen MR) is 96.1 cm³/mol. The third kappa shape index (κ3) is 6.04. The van der Waals surface area contributed by atoms with Crippen molar-refractivity contribution in [2.45, 2.75) is 32.1 Å². The molecule has 0 aliphatic carbocycles. The molecule has 1 atom stereocenters. The number of amides is 1. The van der Waals surface area contributed by atoms with Crippen molar-refractivity contribution in [1.29, 1.82) is 0 Å². The summed E-state index contributed by atoms with van der Waals surface area (Å²) in [5.41, 5.74) is 1.02. The number of halogens is 2. The van der Waals surface area contributed by atoms with Crippen LogP contribution in [0, 0.1) is 11.2 Å². The van der Waals surface area contributed by atoms with Crippen LogP contribution in [0.15, 0.2) is 24.3 Å². The Hall–Kier alpha value is -1.17. The van der Waals surface area contributed by atoms with Gasteiger partial charge in [-0.3, -0.25) is 4.79 Å². The molecule has 0 radical (unpaired) electrons. The van der Waals surface area contributed by atoms with Crippen LogP contribution in [-0.4, -0.2) is 39.3 Å². The lowest BCUT2D eigenvalue weighted by molar-refractivity contribution is -0.122. The molecule has 1 aliphatic rings. The summed E-state index contributed by atoms with van der Waals surface area (Å²) in [6.07, 6.45) is 2.43. The van der Waals surface area contributed by atoms with Gasteiger partial charge in [-0.05, 0) is 49.5 Å². The molecule has 1 aliphatic heterocycles. The monoisotopic (exact) mass is 358 g/mol. The maximum Gasteiger partial charge on any atom is 0.220 e. The molecule has 6 heteroatoms. The van der Waals surface area contributed by atoms with E-state index in [2.05, 4.69) is 10.6 Å². The van der Waals surface area contributed by atoms with Crippen LogP contribution in [0.4, 0.5) is 4.39 Å². The van der Waals surface area contributed by atoms with E-state index >= 15 is 0 Å². The van der Waals surface area contributed by atoms with Crippen molar-refractivity contribution in [2.24, 2.45) is 5.41 Å². The van der Waals surface area contributed by atoms with Gasteiger partial charge in [-0.1, -0.05) is 19.1 Å². The largest absolute Gasteiger partial charge is 0.384 e. The standard InChI is InChI=1S/C18H27FN2O2.ClH/c1-14(15-3-5-16(19)6-4-15)11-17(22)21-12-18(13-23-2)7-9-20-10-8-18;/h3-6,14,20H,7-13H2,1-2H3,(H,21,22);1H. The van der Waals surface area contributed by atoms with E-state index in [1.807, 2.05) is 6.92 Å². The first-order valence-corrected chi connectivity index (χ1v) is 8.26. The van der Waals surface area contributed by atoms with E-state index in [-0.39, 0.29) is 35.5 Å². The van der Waals surface area contributed by atoms with Gasteiger partial charge in [0, 0.05) is 25.5 Å². The highest BCUT2D eigenvalue weighted by Crippen LogP contribution is 2.28. The molecule has 2 N–H and O–H groups in total. The lowest BCUT2D eigenvalue weighted by Gasteiger charge is -2.37. The summed E-state index contributed by atoms with van der Waals surface area (Å²) in [6, 6.07) is 6.36. The average Bonchev–Trinajstić information content (AvgIpc) is 2.55. The van der Waals surface area contributed by atoms with Crippen LogP contribution in [0.5, 0.6) is 0 Å². The second kappa shape index (κ2) is 9.97. The van der Waals surface area contributed by atoms with E-state index in [0.717, 1.165) is 31.5 Å². The molecule has 2 rings (SSSR count). The van der Waals surface area contributed by atoms with Crippen molar-refractivity contribution in [3.05, 3.63) is 35.6 Å². The molecule has 1 fully saturated rings. The summed E-state index contributed by atoms with van der Waals surface area (Å²) in [5.74, 6) is -0.143. The summed E-state index contributed by atoms with van der Waals surface area (Å²) in [4.78, 5) is 12.2. The Kier molecular flexibility index (Phi) is 8.67. The topological polar surface area (TPSA) is 50.4 Å². The fraction of sp³-hybridized carbons (Fsp3) is 0.611. The van der Waals surface area contributed by atoms with Crippen LogP contribution < -0.4 is 10.6 Å². The number of hydrogen-bond donors (Lipinski definition) is 2. The van der Waals surface area contributed by atoms with E-state index in [4.69, 9.17) is 4.74 Å². The fourth-order valence-corrected chi connectivity index (χ4v) is 3.18. The van der Waals surface area contributed by atoms with Crippen LogP contribution in [-0.2, 0) is 9.53 Å². The van der Waals surface area contributed by atoms with E-state index in [9.17, 15) is 9.18 Å². The summed E-state index contributed by atoms with van der Waals surface area (Å²) in [5, 5.41) is 6.41. The third-order valence-electron chi connectivity index (χ3n) is 4.71. The van der Waals surface area contributed by atoms with Crippen LogP contribution in [0.3, 0.4) is 0 Å². The molecule has 1 saturated heterocycles. The van der Waals surface area contributed by atoms with Gasteiger partial charge in [0.25, 0.3) is 0 Å². The Morgan fingerprint density at radius 3 is 2.54 bits per heavy atom. The van der Waals surface area contributed by atoms with Gasteiger partial charge in [0.2, 0.25) is 5.91 Å². The first-order chi connectivity index (χ1) is 11.0. The van der Waals surface area contributed by atoms with Gasteiger partial charge in [-0.2, -0.15) is 0 Å². The summed E-state index contributed by atoms with van der Waals surface area (Å²) in [6.45, 7) is 5.23. The number of methoxy groups -OCH3 is 1. The minimum Gasteiger partial charge on any atom is -0.384 e. The highest BCUT2D eigenvalue weighted by atomic mass is 35.5. The maximum atomic E-state index is 13.0. The van der Waals surface area contributed by atoms with E-state index in [1.165, 1.54) is 12.1 Å². The number of carbonyl (C=O) groups excluding carboxylic acids is 1. The molecule has 0 aromatic heterocycles. The van der Waals surface area contributed by atoms with E-state index in [1.54, 1.807) is 19.2 Å². The first kappa shape index (κ1) is 20.9. The first-order valence-electron chi connectivity index (χ1n) is 8.26. The number of rotatable bonds is 7. The summed E-state index contributed by atoms with van der Waals surface area (Å²) in [7, 11) is 1.71. The second-order valence-electron chi connectivity index (χ2n) is 6.62. The van der Waals surface area contributed by atoms with Crippen molar-refractivity contribution in [1.82, 2.24) is 10.6 Å². The van der Waals surface area contributed by atoms with Crippen molar-refractivity contribution in [3.8, 4) is 0 Å². The van der Waals surface area contributed by atoms with Crippen LogP contribution in [0.25, 0.3) is 0 Å². The second-order valence-corrected chi connectivity index (χ2v) is 6.62. The number of nitrogens with one attached hydrogen (secondary N) is 2. The van der Waals surface area contributed by atoms with Gasteiger partial charge in [-0.15, -0.1) is 12.4 Å². The molecule has 0 bridgehead atoms. The lowest BCUT2D eigenvalue weighted by atomic mass is 9.79. The van der Waals surface area contributed by atoms with Crippen LogP contribution in [0.2, 0.25) is 0 Å². The van der Waals surface area contributed by atoms with Crippen molar-refractivity contribution in [2.75, 3.05) is 33.4 Å². The minimum absolute atomic E-state index is 0. The van der Waals surface area contributed by atoms with Gasteiger partial charge >= 0.3 is 0 Å². The van der Waals surface area contributed by atoms with Gasteiger partial charge in [0.05, 0.1) is 6.61 Å². The third-order valence-corrected chi connectivity index (χ3v) is 4.71. The zero-order chi connectivity index (χ0) is 16.7. The highest BCUT2D eigenvalue weighted by molar-refractivity contribution is 5.85. The molecule has 1 aromatic rings. The molecule has 136 valence electrons. The lowest BCUT2D eigenvalue weighted by Crippen LogP contribution is -2.47. The minimum atomic E-state index is -0.252. The molecule has 1 heterocycles. The molecule has 0 spiro atoms. The van der Waals surface area contributed by atoms with E-state index < -0.39 is 0 Å². The average molecular weight is 359 g/mol. The smallest absolute Gasteiger partial charge is 0.220 e. The number of carbonyl (C=O) groups is 1. The number of piperidine rings is 1. The van der Waals surface area contributed by atoms with Crippen molar-refractivity contribution >= 4 is 18.3 Å². The Bertz CT molecular complexity index is 499. The molecular weight excluding hydrogens is 331 g/mol. The zero-order valence-corrected chi connectivity index (χ0v) is 15.3. The van der Waals surface area contributed by atoms with Gasteiger partial charge in [0.15, 0.2) is 0 Å². The molecule has 1 amide bonds. The normalized spacial score (nSPS) is 17.6. The molecule has 0 saturated carbocycles. The Labute approximate surface area is 149 Å². The quantitative estimate of drug-likeness (QED) is 0.788. The summed E-state index contributed by atoms with van der Waals surface area (Å²) >= 11 is 0. The van der Waals surface area contributed by atoms with Crippen LogP contribution >= 0.6 is 12.4 Å². The Morgan fingerprint density at radius 2 is 1.96 bits per heavy atom. The number of hydrogen-bond acceptors (Lipinski definition) is 3. The van der Waals surface area contributed by atoms with Crippen molar-refractivity contribution in [3.63, 3.8) is 0 Å². The number of ether oxygens (including phenoxy) is 1. The highest BCUT2D eigenvalue weighted by Gasteiger charge is 2.32. The van der Waals surface area contributed by atoms with Gasteiger partial charge in [0.1, 0.15) is 5.82 Å². The molecule has 24 heavy (non-hydrogen) atoms. The molecule has 1 aromatic carbocycles. The fourth-order valence-electron chi connectivity index (χ4n) is 3.18. The van der Waals surface area contributed by atoms with Gasteiger partial charge in [-0.25, -0.2) is 4.39 Å². The predicted octanol–water partition coefficient (Wildman–Crippen LogP) is 2.87. The molecule has 4 nitrogen and oxygen atoms in total. The van der Waals surface area contributed by atoms with Crippen LogP contribution in [0.1, 0.15) is 37.7 Å². The van der Waals surface area contributed by atoms with Crippen molar-refractivity contribution < 1.29 is 13.9 Å². The molecule has 1 unspecified atom stereocenters.